The lowest BCUT2D eigenvalue weighted by Crippen LogP contribution is -1.98. The molecule has 0 spiro atoms. The van der Waals surface area contributed by atoms with E-state index >= 15 is 0 Å². The third-order valence-electron chi connectivity index (χ3n) is 4.55. The van der Waals surface area contributed by atoms with Gasteiger partial charge in [0.1, 0.15) is 28.7 Å². The van der Waals surface area contributed by atoms with Gasteiger partial charge in [-0.15, -0.1) is 0 Å². The quantitative estimate of drug-likeness (QED) is 0.521. The van der Waals surface area contributed by atoms with E-state index in [1.54, 1.807) is 19.2 Å². The number of ether oxygens (including phenoxy) is 1. The van der Waals surface area contributed by atoms with Crippen LogP contribution in [0.1, 0.15) is 11.1 Å². The maximum Gasteiger partial charge on any atom is 0.143 e. The van der Waals surface area contributed by atoms with Crippen molar-refractivity contribution in [2.24, 2.45) is 0 Å². The van der Waals surface area contributed by atoms with Crippen LogP contribution in [0.25, 0.3) is 16.9 Å². The second kappa shape index (κ2) is 6.76. The van der Waals surface area contributed by atoms with Gasteiger partial charge in [-0.25, -0.2) is 9.37 Å². The number of hydrogen-bond donors (Lipinski definition) is 1. The Morgan fingerprint density at radius 3 is 2.52 bits per heavy atom. The molecule has 136 valence electrons. The third kappa shape index (κ3) is 3.24. The molecule has 2 heterocycles. The van der Waals surface area contributed by atoms with Crippen LogP contribution >= 0.6 is 0 Å². The summed E-state index contributed by atoms with van der Waals surface area (Å²) in [6.07, 6.45) is 2.03. The molecule has 4 rings (SSSR count). The summed E-state index contributed by atoms with van der Waals surface area (Å²) in [5.74, 6) is 1.37. The largest absolute Gasteiger partial charge is 0.496 e. The number of aryl methyl sites for hydroxylation is 2. The molecule has 0 saturated heterocycles. The second-order valence-electron chi connectivity index (χ2n) is 6.56. The van der Waals surface area contributed by atoms with Crippen LogP contribution in [-0.4, -0.2) is 16.5 Å². The van der Waals surface area contributed by atoms with Gasteiger partial charge in [0, 0.05) is 17.4 Å². The van der Waals surface area contributed by atoms with Gasteiger partial charge in [0.05, 0.1) is 7.11 Å². The van der Waals surface area contributed by atoms with E-state index in [1.165, 1.54) is 12.1 Å². The fourth-order valence-corrected chi connectivity index (χ4v) is 3.11. The fourth-order valence-electron chi connectivity index (χ4n) is 3.11. The van der Waals surface area contributed by atoms with Crippen LogP contribution in [-0.2, 0) is 0 Å². The summed E-state index contributed by atoms with van der Waals surface area (Å²) in [6, 6.07) is 16.3. The van der Waals surface area contributed by atoms with Crippen molar-refractivity contribution in [2.45, 2.75) is 13.8 Å². The van der Waals surface area contributed by atoms with Gasteiger partial charge in [-0.3, -0.25) is 4.40 Å². The maximum atomic E-state index is 13.3. The lowest BCUT2D eigenvalue weighted by molar-refractivity contribution is 0.412. The van der Waals surface area contributed by atoms with Crippen molar-refractivity contribution in [1.29, 1.82) is 0 Å². The first-order chi connectivity index (χ1) is 13.0. The van der Waals surface area contributed by atoms with E-state index in [1.807, 2.05) is 54.8 Å². The SMILES string of the molecule is COc1cc(-c2nc3ccc(C)cn3c2Nc2ccc(F)cc2)ccc1C. The highest BCUT2D eigenvalue weighted by Crippen LogP contribution is 2.34. The van der Waals surface area contributed by atoms with Crippen molar-refractivity contribution in [2.75, 3.05) is 12.4 Å². The molecular formula is C22H20FN3O. The molecule has 2 aromatic carbocycles. The zero-order valence-electron chi connectivity index (χ0n) is 15.5. The minimum atomic E-state index is -0.266. The molecule has 0 aliphatic carbocycles. The molecule has 0 atom stereocenters. The van der Waals surface area contributed by atoms with Gasteiger partial charge >= 0.3 is 0 Å². The number of nitrogens with zero attached hydrogens (tertiary/aromatic N) is 2. The van der Waals surface area contributed by atoms with Crippen molar-refractivity contribution in [3.63, 3.8) is 0 Å². The molecule has 0 amide bonds. The molecule has 5 heteroatoms. The molecule has 0 fully saturated rings. The summed E-state index contributed by atoms with van der Waals surface area (Å²) in [5, 5.41) is 3.39. The Morgan fingerprint density at radius 1 is 1.00 bits per heavy atom. The number of nitrogens with one attached hydrogen (secondary N) is 1. The Morgan fingerprint density at radius 2 is 1.78 bits per heavy atom. The summed E-state index contributed by atoms with van der Waals surface area (Å²) in [6.45, 7) is 4.04. The number of pyridine rings is 1. The smallest absolute Gasteiger partial charge is 0.143 e. The van der Waals surface area contributed by atoms with Gasteiger partial charge in [0.25, 0.3) is 0 Å². The zero-order chi connectivity index (χ0) is 19.0. The number of fused-ring (bicyclic) bond motifs is 1. The lowest BCUT2D eigenvalue weighted by Gasteiger charge is -2.11. The van der Waals surface area contributed by atoms with E-state index in [2.05, 4.69) is 5.32 Å². The van der Waals surface area contributed by atoms with E-state index in [4.69, 9.17) is 9.72 Å². The predicted octanol–water partition coefficient (Wildman–Crippen LogP) is 5.51. The molecule has 4 aromatic rings. The van der Waals surface area contributed by atoms with E-state index in [0.717, 1.165) is 45.3 Å². The highest BCUT2D eigenvalue weighted by Gasteiger charge is 2.16. The van der Waals surface area contributed by atoms with E-state index in [0.29, 0.717) is 0 Å². The number of halogens is 1. The molecule has 2 aromatic heterocycles. The zero-order valence-corrected chi connectivity index (χ0v) is 15.5. The first-order valence-electron chi connectivity index (χ1n) is 8.71. The minimum absolute atomic E-state index is 0.266. The molecule has 0 aliphatic heterocycles. The Labute approximate surface area is 157 Å². The van der Waals surface area contributed by atoms with Gasteiger partial charge in [-0.2, -0.15) is 0 Å². The number of aromatic nitrogens is 2. The summed E-state index contributed by atoms with van der Waals surface area (Å²) in [5.41, 5.74) is 5.57. The summed E-state index contributed by atoms with van der Waals surface area (Å²) in [4.78, 5) is 4.81. The Kier molecular flexibility index (Phi) is 4.28. The molecule has 0 saturated carbocycles. The van der Waals surface area contributed by atoms with Crippen LogP contribution in [0.5, 0.6) is 5.75 Å². The van der Waals surface area contributed by atoms with Gasteiger partial charge in [0.15, 0.2) is 0 Å². The highest BCUT2D eigenvalue weighted by molar-refractivity contribution is 5.80. The molecule has 0 unspecified atom stereocenters. The first kappa shape index (κ1) is 17.1. The Balaban J connectivity index is 1.90. The van der Waals surface area contributed by atoms with Crippen LogP contribution in [0.3, 0.4) is 0 Å². The molecule has 0 bridgehead atoms. The number of rotatable bonds is 4. The molecule has 4 nitrogen and oxygen atoms in total. The van der Waals surface area contributed by atoms with Crippen molar-refractivity contribution < 1.29 is 9.13 Å². The number of methoxy groups -OCH3 is 1. The van der Waals surface area contributed by atoms with Crippen LogP contribution < -0.4 is 10.1 Å². The molecule has 27 heavy (non-hydrogen) atoms. The summed E-state index contributed by atoms with van der Waals surface area (Å²) < 4.78 is 20.8. The average Bonchev–Trinajstić information content (AvgIpc) is 3.01. The van der Waals surface area contributed by atoms with Gasteiger partial charge < -0.3 is 10.1 Å². The van der Waals surface area contributed by atoms with E-state index in [-0.39, 0.29) is 5.82 Å². The van der Waals surface area contributed by atoms with Crippen LogP contribution in [0.2, 0.25) is 0 Å². The monoisotopic (exact) mass is 361 g/mol. The average molecular weight is 361 g/mol. The Bertz CT molecular complexity index is 1120. The van der Waals surface area contributed by atoms with Crippen molar-refractivity contribution in [1.82, 2.24) is 9.38 Å². The van der Waals surface area contributed by atoms with Gasteiger partial charge in [-0.1, -0.05) is 18.2 Å². The van der Waals surface area contributed by atoms with Crippen LogP contribution in [0.15, 0.2) is 60.8 Å². The fraction of sp³-hybridized carbons (Fsp3) is 0.136. The molecular weight excluding hydrogens is 341 g/mol. The Hall–Kier alpha value is -3.34. The summed E-state index contributed by atoms with van der Waals surface area (Å²) >= 11 is 0. The van der Waals surface area contributed by atoms with E-state index in [9.17, 15) is 4.39 Å². The normalized spacial score (nSPS) is 11.0. The topological polar surface area (TPSA) is 38.6 Å². The van der Waals surface area contributed by atoms with Crippen molar-refractivity contribution in [3.8, 4) is 17.0 Å². The third-order valence-corrected chi connectivity index (χ3v) is 4.55. The standard InChI is InChI=1S/C22H20FN3O/c1-14-4-11-20-25-21(16-6-5-15(2)19(12-16)27-3)22(26(20)13-14)24-18-9-7-17(23)8-10-18/h4-13,24H,1-3H3. The number of anilines is 2. The first-order valence-corrected chi connectivity index (χ1v) is 8.71. The lowest BCUT2D eigenvalue weighted by atomic mass is 10.1. The number of imidazole rings is 1. The maximum absolute atomic E-state index is 13.3. The molecule has 0 radical (unpaired) electrons. The van der Waals surface area contributed by atoms with Gasteiger partial charge in [-0.05, 0) is 61.4 Å². The highest BCUT2D eigenvalue weighted by atomic mass is 19.1. The van der Waals surface area contributed by atoms with Crippen LogP contribution in [0, 0.1) is 19.7 Å². The van der Waals surface area contributed by atoms with Crippen LogP contribution in [0.4, 0.5) is 15.9 Å². The number of hydrogen-bond acceptors (Lipinski definition) is 3. The molecule has 1 N–H and O–H groups in total. The number of benzene rings is 2. The van der Waals surface area contributed by atoms with Crippen molar-refractivity contribution in [3.05, 3.63) is 77.7 Å². The van der Waals surface area contributed by atoms with E-state index < -0.39 is 0 Å². The minimum Gasteiger partial charge on any atom is -0.496 e. The predicted molar refractivity (Wildman–Crippen MR) is 106 cm³/mol. The second-order valence-corrected chi connectivity index (χ2v) is 6.56. The van der Waals surface area contributed by atoms with Crippen molar-refractivity contribution >= 4 is 17.2 Å². The molecule has 0 aliphatic rings. The van der Waals surface area contributed by atoms with Gasteiger partial charge in [0.2, 0.25) is 0 Å². The summed E-state index contributed by atoms with van der Waals surface area (Å²) in [7, 11) is 1.66.